The molecule has 1 aliphatic heterocycles. The van der Waals surface area contributed by atoms with Gasteiger partial charge in [-0.2, -0.15) is 5.26 Å². The predicted molar refractivity (Wildman–Crippen MR) is 56.4 cm³/mol. The van der Waals surface area contributed by atoms with Gasteiger partial charge in [-0.25, -0.2) is 0 Å². The van der Waals surface area contributed by atoms with Gasteiger partial charge in [-0.15, -0.1) is 0 Å². The van der Waals surface area contributed by atoms with Crippen molar-refractivity contribution in [3.8, 4) is 17.6 Å². The molecule has 90 valence electrons. The van der Waals surface area contributed by atoms with E-state index < -0.39 is 11.9 Å². The Hall–Kier alpha value is -2.26. The van der Waals surface area contributed by atoms with Crippen LogP contribution in [0.2, 0.25) is 0 Å². The number of fused-ring (bicyclic) bond motifs is 1. The zero-order valence-electron chi connectivity index (χ0n) is 9.30. The third kappa shape index (κ3) is 2.65. The summed E-state index contributed by atoms with van der Waals surface area (Å²) < 4.78 is 10.3. The molecule has 17 heavy (non-hydrogen) atoms. The number of hydrogen-bond donors (Lipinski definition) is 1. The van der Waals surface area contributed by atoms with Crippen molar-refractivity contribution >= 4 is 5.97 Å². The third-order valence-electron chi connectivity index (χ3n) is 2.32. The van der Waals surface area contributed by atoms with E-state index in [1.165, 1.54) is 0 Å². The van der Waals surface area contributed by atoms with Gasteiger partial charge >= 0.3 is 0 Å². The van der Waals surface area contributed by atoms with Crippen LogP contribution in [0, 0.1) is 17.2 Å². The molecule has 1 heterocycles. The fourth-order valence-electron chi connectivity index (χ4n) is 1.49. The minimum atomic E-state index is -1.36. The third-order valence-corrected chi connectivity index (χ3v) is 2.32. The lowest BCUT2D eigenvalue weighted by Gasteiger charge is -2.09. The standard InChI is InChI=1S/C11H9NO4.H3N/c12-5-8(11(13)14)3-7-1-2-9-10(4-7)16-6-15-9;/h1-2,4,8H,3,6H2,(H,13,14);1H3. The molecule has 0 fully saturated rings. The zero-order chi connectivity index (χ0) is 11.5. The molecule has 2 rings (SSSR count). The quantitative estimate of drug-likeness (QED) is 0.805. The number of aliphatic carboxylic acids is 1. The molecule has 0 aromatic heterocycles. The van der Waals surface area contributed by atoms with E-state index in [1.807, 2.05) is 0 Å². The van der Waals surface area contributed by atoms with Crippen LogP contribution in [0.15, 0.2) is 18.2 Å². The second-order valence-electron chi connectivity index (χ2n) is 3.39. The summed E-state index contributed by atoms with van der Waals surface area (Å²) in [7, 11) is 0. The zero-order valence-corrected chi connectivity index (χ0v) is 9.30. The van der Waals surface area contributed by atoms with E-state index in [9.17, 15) is 9.90 Å². The van der Waals surface area contributed by atoms with E-state index in [0.29, 0.717) is 17.1 Å². The first-order valence-electron chi connectivity index (χ1n) is 4.69. The van der Waals surface area contributed by atoms with Crippen LogP contribution < -0.4 is 20.7 Å². The number of hydrogen-bond acceptors (Lipinski definition) is 5. The predicted octanol–water partition coefficient (Wildman–Crippen LogP) is 0.224. The number of nitriles is 1. The average Bonchev–Trinajstić information content (AvgIpc) is 2.72. The molecule has 4 N–H and O–H groups in total. The van der Waals surface area contributed by atoms with Crippen molar-refractivity contribution in [3.05, 3.63) is 23.8 Å². The van der Waals surface area contributed by atoms with Crippen molar-refractivity contribution in [2.24, 2.45) is 5.92 Å². The average molecular weight is 236 g/mol. The second-order valence-corrected chi connectivity index (χ2v) is 3.39. The van der Waals surface area contributed by atoms with E-state index in [2.05, 4.69) is 0 Å². The summed E-state index contributed by atoms with van der Waals surface area (Å²) in [6, 6.07) is 6.76. The SMILES string of the molecule is N#CC(Cc1ccc2c(c1)OCO2)C(=O)[O-].[NH4+]. The van der Waals surface area contributed by atoms with Crippen LogP contribution in [0.3, 0.4) is 0 Å². The number of carboxylic acids is 1. The summed E-state index contributed by atoms with van der Waals surface area (Å²) in [5.74, 6) is -1.29. The van der Waals surface area contributed by atoms with Crippen molar-refractivity contribution in [2.75, 3.05) is 6.79 Å². The van der Waals surface area contributed by atoms with Gasteiger partial charge in [0, 0.05) is 0 Å². The molecule has 6 heteroatoms. The van der Waals surface area contributed by atoms with Gasteiger partial charge in [0.2, 0.25) is 6.79 Å². The number of benzene rings is 1. The Kier molecular flexibility index (Phi) is 3.91. The van der Waals surface area contributed by atoms with Gasteiger partial charge in [-0.05, 0) is 24.1 Å². The highest BCUT2D eigenvalue weighted by atomic mass is 16.7. The monoisotopic (exact) mass is 236 g/mol. The van der Waals surface area contributed by atoms with Crippen LogP contribution in [0.1, 0.15) is 5.56 Å². The lowest BCUT2D eigenvalue weighted by atomic mass is 10.0. The Morgan fingerprint density at radius 1 is 1.47 bits per heavy atom. The maximum atomic E-state index is 10.6. The maximum absolute atomic E-state index is 10.6. The lowest BCUT2D eigenvalue weighted by Crippen LogP contribution is -2.31. The number of nitrogens with zero attached hydrogens (tertiary/aromatic N) is 1. The number of ether oxygens (including phenoxy) is 2. The number of carboxylic acid groups (broad SMARTS) is 1. The van der Waals surface area contributed by atoms with Crippen LogP contribution in [0.4, 0.5) is 0 Å². The van der Waals surface area contributed by atoms with Gasteiger partial charge in [-0.3, -0.25) is 0 Å². The fourth-order valence-corrected chi connectivity index (χ4v) is 1.49. The highest BCUT2D eigenvalue weighted by Crippen LogP contribution is 2.32. The van der Waals surface area contributed by atoms with Gasteiger partial charge in [0.15, 0.2) is 11.5 Å². The molecule has 0 spiro atoms. The molecule has 0 aliphatic carbocycles. The topological polar surface area (TPSA) is 119 Å². The van der Waals surface area contributed by atoms with E-state index in [-0.39, 0.29) is 19.4 Å². The van der Waals surface area contributed by atoms with Gasteiger partial charge in [0.25, 0.3) is 0 Å². The number of carbonyl (C=O) groups is 1. The summed E-state index contributed by atoms with van der Waals surface area (Å²) in [5, 5.41) is 19.2. The first-order valence-corrected chi connectivity index (χ1v) is 4.69. The smallest absolute Gasteiger partial charge is 0.231 e. The van der Waals surface area contributed by atoms with Gasteiger partial charge in [0.05, 0.1) is 18.0 Å². The Morgan fingerprint density at radius 2 is 2.18 bits per heavy atom. The van der Waals surface area contributed by atoms with Crippen LogP contribution in [-0.2, 0) is 11.2 Å². The van der Waals surface area contributed by atoms with Crippen molar-refractivity contribution < 1.29 is 19.4 Å². The molecule has 0 amide bonds. The van der Waals surface area contributed by atoms with Crippen LogP contribution in [0.5, 0.6) is 11.5 Å². The molecule has 0 radical (unpaired) electrons. The van der Waals surface area contributed by atoms with Crippen LogP contribution >= 0.6 is 0 Å². The molecule has 1 aromatic carbocycles. The number of rotatable bonds is 3. The molecule has 6 nitrogen and oxygen atoms in total. The van der Waals surface area contributed by atoms with Gasteiger partial charge in [0.1, 0.15) is 0 Å². The lowest BCUT2D eigenvalue weighted by molar-refractivity contribution is -0.309. The van der Waals surface area contributed by atoms with Crippen LogP contribution in [-0.4, -0.2) is 12.8 Å². The summed E-state index contributed by atoms with van der Waals surface area (Å²) in [4.78, 5) is 10.6. The Balaban J connectivity index is 0.00000144. The highest BCUT2D eigenvalue weighted by molar-refractivity contribution is 5.71. The van der Waals surface area contributed by atoms with Gasteiger partial charge in [-0.1, -0.05) is 6.07 Å². The van der Waals surface area contributed by atoms with Crippen molar-refractivity contribution in [1.29, 1.82) is 5.26 Å². The van der Waals surface area contributed by atoms with Crippen molar-refractivity contribution in [2.45, 2.75) is 6.42 Å². The summed E-state index contributed by atoms with van der Waals surface area (Å²) in [5.41, 5.74) is 0.708. The van der Waals surface area contributed by atoms with E-state index in [0.717, 1.165) is 0 Å². The summed E-state index contributed by atoms with van der Waals surface area (Å²) >= 11 is 0. The van der Waals surface area contributed by atoms with Crippen molar-refractivity contribution in [3.63, 3.8) is 0 Å². The van der Waals surface area contributed by atoms with E-state index in [4.69, 9.17) is 14.7 Å². The molecular formula is C11H12N2O4. The Labute approximate surface area is 98.0 Å². The molecule has 1 unspecified atom stereocenters. The molecule has 0 bridgehead atoms. The molecule has 1 aliphatic rings. The Morgan fingerprint density at radius 3 is 2.82 bits per heavy atom. The first-order chi connectivity index (χ1) is 7.70. The molecule has 0 saturated heterocycles. The number of quaternary nitrogens is 1. The van der Waals surface area contributed by atoms with E-state index >= 15 is 0 Å². The molecule has 0 saturated carbocycles. The summed E-state index contributed by atoms with van der Waals surface area (Å²) in [6.45, 7) is 0.168. The largest absolute Gasteiger partial charge is 0.549 e. The molecule has 1 atom stereocenters. The molecule has 1 aromatic rings. The van der Waals surface area contributed by atoms with Gasteiger partial charge < -0.3 is 25.5 Å². The minimum absolute atomic E-state index is 0. The second kappa shape index (κ2) is 5.18. The van der Waals surface area contributed by atoms with Crippen LogP contribution in [0.25, 0.3) is 0 Å². The fraction of sp³-hybridized carbons (Fsp3) is 0.273. The molecular weight excluding hydrogens is 224 g/mol. The highest BCUT2D eigenvalue weighted by Gasteiger charge is 2.15. The minimum Gasteiger partial charge on any atom is -0.549 e. The van der Waals surface area contributed by atoms with Crippen molar-refractivity contribution in [1.82, 2.24) is 6.15 Å². The van der Waals surface area contributed by atoms with E-state index in [1.54, 1.807) is 24.3 Å². The normalized spacial score (nSPS) is 13.4. The Bertz CT molecular complexity index is 467. The first kappa shape index (κ1) is 12.8. The summed E-state index contributed by atoms with van der Waals surface area (Å²) in [6.07, 6.45) is 0.107. The maximum Gasteiger partial charge on any atom is 0.231 e. The number of carbonyl (C=O) groups excluding carboxylic acids is 1.